The fourth-order valence-corrected chi connectivity index (χ4v) is 1.51. The SMILES string of the molecule is C1CC2CC(CN2)O1. The summed E-state index contributed by atoms with van der Waals surface area (Å²) in [5.74, 6) is 0. The average Bonchev–Trinajstić information content (AvgIpc) is 2.12. The van der Waals surface area contributed by atoms with Crippen molar-refractivity contribution in [3.8, 4) is 0 Å². The lowest BCUT2D eigenvalue weighted by Gasteiger charge is -2.17. The van der Waals surface area contributed by atoms with Gasteiger partial charge in [0.05, 0.1) is 6.10 Å². The van der Waals surface area contributed by atoms with Gasteiger partial charge in [0, 0.05) is 19.2 Å². The molecule has 0 aromatic heterocycles. The number of nitrogens with one attached hydrogen (secondary N) is 1. The molecule has 0 radical (unpaired) electrons. The highest BCUT2D eigenvalue weighted by Crippen LogP contribution is 2.18. The molecule has 2 heteroatoms. The second kappa shape index (κ2) is 1.71. The van der Waals surface area contributed by atoms with Crippen molar-refractivity contribution in [2.75, 3.05) is 13.2 Å². The summed E-state index contributed by atoms with van der Waals surface area (Å²) >= 11 is 0. The molecule has 0 saturated carbocycles. The number of hydrogen-bond donors (Lipinski definition) is 1. The Hall–Kier alpha value is -0.0800. The molecule has 2 unspecified atom stereocenters. The number of hydrogen-bond acceptors (Lipinski definition) is 2. The van der Waals surface area contributed by atoms with Crippen molar-refractivity contribution < 1.29 is 4.74 Å². The van der Waals surface area contributed by atoms with E-state index in [4.69, 9.17) is 4.74 Å². The summed E-state index contributed by atoms with van der Waals surface area (Å²) < 4.78 is 5.41. The summed E-state index contributed by atoms with van der Waals surface area (Å²) in [4.78, 5) is 0. The van der Waals surface area contributed by atoms with E-state index in [9.17, 15) is 0 Å². The number of ether oxygens (including phenoxy) is 1. The lowest BCUT2D eigenvalue weighted by molar-refractivity contribution is 0.0421. The minimum absolute atomic E-state index is 0.550. The average molecular weight is 113 g/mol. The van der Waals surface area contributed by atoms with Crippen LogP contribution >= 0.6 is 0 Å². The van der Waals surface area contributed by atoms with Crippen molar-refractivity contribution in [3.63, 3.8) is 0 Å². The van der Waals surface area contributed by atoms with Crippen molar-refractivity contribution in [1.82, 2.24) is 5.32 Å². The van der Waals surface area contributed by atoms with Gasteiger partial charge in [-0.1, -0.05) is 0 Å². The van der Waals surface area contributed by atoms with E-state index in [0.29, 0.717) is 6.10 Å². The van der Waals surface area contributed by atoms with Crippen LogP contribution in [0.2, 0.25) is 0 Å². The van der Waals surface area contributed by atoms with Crippen LogP contribution in [0.4, 0.5) is 0 Å². The van der Waals surface area contributed by atoms with Gasteiger partial charge in [0.2, 0.25) is 0 Å². The fourth-order valence-electron chi connectivity index (χ4n) is 1.51. The van der Waals surface area contributed by atoms with Crippen LogP contribution in [-0.2, 0) is 4.74 Å². The summed E-state index contributed by atoms with van der Waals surface area (Å²) in [5, 5.41) is 3.39. The summed E-state index contributed by atoms with van der Waals surface area (Å²) in [5.41, 5.74) is 0. The predicted octanol–water partition coefficient (Wildman–Crippen LogP) is 0.137. The van der Waals surface area contributed by atoms with Crippen LogP contribution in [0.5, 0.6) is 0 Å². The lowest BCUT2D eigenvalue weighted by atomic mass is 10.1. The van der Waals surface area contributed by atoms with Gasteiger partial charge in [-0.2, -0.15) is 0 Å². The lowest BCUT2D eigenvalue weighted by Crippen LogP contribution is -2.23. The third-order valence-electron chi connectivity index (χ3n) is 2.00. The van der Waals surface area contributed by atoms with Crippen LogP contribution in [0.15, 0.2) is 0 Å². The molecule has 0 aromatic rings. The molecular weight excluding hydrogens is 102 g/mol. The molecule has 2 atom stereocenters. The highest BCUT2D eigenvalue weighted by Gasteiger charge is 2.28. The van der Waals surface area contributed by atoms with Crippen molar-refractivity contribution in [2.45, 2.75) is 25.0 Å². The third kappa shape index (κ3) is 0.644. The molecule has 1 N–H and O–H groups in total. The molecular formula is C6H11NO. The monoisotopic (exact) mass is 113 g/mol. The maximum atomic E-state index is 5.41. The summed E-state index contributed by atoms with van der Waals surface area (Å²) in [6.07, 6.45) is 3.02. The Bertz CT molecular complexity index is 80.5. The Kier molecular flexibility index (Phi) is 1.02. The minimum Gasteiger partial charge on any atom is -0.377 e. The molecule has 8 heavy (non-hydrogen) atoms. The molecule has 0 aromatic carbocycles. The molecule has 2 aliphatic rings. The third-order valence-corrected chi connectivity index (χ3v) is 2.00. The fraction of sp³-hybridized carbons (Fsp3) is 1.00. The highest BCUT2D eigenvalue weighted by atomic mass is 16.5. The topological polar surface area (TPSA) is 21.3 Å². The van der Waals surface area contributed by atoms with E-state index in [2.05, 4.69) is 5.32 Å². The van der Waals surface area contributed by atoms with Crippen molar-refractivity contribution in [3.05, 3.63) is 0 Å². The molecule has 2 fully saturated rings. The van der Waals surface area contributed by atoms with E-state index < -0.39 is 0 Å². The van der Waals surface area contributed by atoms with Gasteiger partial charge < -0.3 is 10.1 Å². The zero-order chi connectivity index (χ0) is 5.40. The predicted molar refractivity (Wildman–Crippen MR) is 30.8 cm³/mol. The Morgan fingerprint density at radius 3 is 3.25 bits per heavy atom. The minimum atomic E-state index is 0.550. The Morgan fingerprint density at radius 2 is 2.50 bits per heavy atom. The summed E-state index contributed by atoms with van der Waals surface area (Å²) in [6, 6.07) is 0.786. The second-order valence-corrected chi connectivity index (χ2v) is 2.62. The zero-order valence-corrected chi connectivity index (χ0v) is 4.89. The van der Waals surface area contributed by atoms with Crippen molar-refractivity contribution >= 4 is 0 Å². The Morgan fingerprint density at radius 1 is 1.50 bits per heavy atom. The van der Waals surface area contributed by atoms with Gasteiger partial charge in [0.1, 0.15) is 0 Å². The smallest absolute Gasteiger partial charge is 0.0714 e. The van der Waals surface area contributed by atoms with Gasteiger partial charge >= 0.3 is 0 Å². The van der Waals surface area contributed by atoms with Gasteiger partial charge in [-0.3, -0.25) is 0 Å². The molecule has 0 aliphatic carbocycles. The van der Waals surface area contributed by atoms with E-state index in [1.807, 2.05) is 0 Å². The second-order valence-electron chi connectivity index (χ2n) is 2.62. The van der Waals surface area contributed by atoms with Crippen LogP contribution in [-0.4, -0.2) is 25.3 Å². The molecule has 2 saturated heterocycles. The first-order chi connectivity index (χ1) is 3.95. The van der Waals surface area contributed by atoms with Crippen LogP contribution in [0.25, 0.3) is 0 Å². The first-order valence-corrected chi connectivity index (χ1v) is 3.30. The van der Waals surface area contributed by atoms with Crippen LogP contribution in [0.3, 0.4) is 0 Å². The maximum Gasteiger partial charge on any atom is 0.0714 e. The van der Waals surface area contributed by atoms with Crippen molar-refractivity contribution in [2.24, 2.45) is 0 Å². The van der Waals surface area contributed by atoms with E-state index in [1.165, 1.54) is 12.8 Å². The summed E-state index contributed by atoms with van der Waals surface area (Å²) in [6.45, 7) is 2.06. The molecule has 2 nitrogen and oxygen atoms in total. The molecule has 0 spiro atoms. The van der Waals surface area contributed by atoms with Crippen LogP contribution < -0.4 is 5.32 Å². The molecule has 2 aliphatic heterocycles. The van der Waals surface area contributed by atoms with Gasteiger partial charge in [-0.15, -0.1) is 0 Å². The molecule has 2 bridgehead atoms. The molecule has 2 rings (SSSR count). The Labute approximate surface area is 49.2 Å². The van der Waals surface area contributed by atoms with Gasteiger partial charge in [0.25, 0.3) is 0 Å². The first kappa shape index (κ1) is 4.77. The highest BCUT2D eigenvalue weighted by molar-refractivity contribution is 4.85. The number of rotatable bonds is 0. The first-order valence-electron chi connectivity index (χ1n) is 3.30. The van der Waals surface area contributed by atoms with Gasteiger partial charge in [-0.25, -0.2) is 0 Å². The van der Waals surface area contributed by atoms with Crippen LogP contribution in [0, 0.1) is 0 Å². The quantitative estimate of drug-likeness (QED) is 0.482. The van der Waals surface area contributed by atoms with Crippen LogP contribution in [0.1, 0.15) is 12.8 Å². The molecule has 0 amide bonds. The number of fused-ring (bicyclic) bond motifs is 2. The van der Waals surface area contributed by atoms with Gasteiger partial charge in [0.15, 0.2) is 0 Å². The van der Waals surface area contributed by atoms with E-state index in [0.717, 1.165) is 19.2 Å². The zero-order valence-electron chi connectivity index (χ0n) is 4.89. The maximum absolute atomic E-state index is 5.41. The van der Waals surface area contributed by atoms with E-state index >= 15 is 0 Å². The standard InChI is InChI=1S/C6H11NO/c1-2-8-6-3-5(1)7-4-6/h5-7H,1-4H2. The largest absolute Gasteiger partial charge is 0.377 e. The molecule has 46 valence electrons. The van der Waals surface area contributed by atoms with Crippen molar-refractivity contribution in [1.29, 1.82) is 0 Å². The van der Waals surface area contributed by atoms with E-state index in [1.54, 1.807) is 0 Å². The summed E-state index contributed by atoms with van der Waals surface area (Å²) in [7, 11) is 0. The van der Waals surface area contributed by atoms with E-state index in [-0.39, 0.29) is 0 Å². The van der Waals surface area contributed by atoms with Gasteiger partial charge in [-0.05, 0) is 12.8 Å². The normalized spacial score (nSPS) is 45.0. The molecule has 2 heterocycles. The Balaban J connectivity index is 2.03.